The second-order valence-corrected chi connectivity index (χ2v) is 15.2. The first kappa shape index (κ1) is 48.2. The predicted octanol–water partition coefficient (Wildman–Crippen LogP) is 10.6. The van der Waals surface area contributed by atoms with E-state index in [4.69, 9.17) is 19.3 Å². The van der Waals surface area contributed by atoms with E-state index in [2.05, 4.69) is 37.4 Å². The number of unbranched alkanes of at least 4 members (excludes halogenated alkanes) is 16. The van der Waals surface area contributed by atoms with Gasteiger partial charge in [0, 0.05) is 12.8 Å². The lowest BCUT2D eigenvalue weighted by Crippen LogP contribution is -2.29. The van der Waals surface area contributed by atoms with E-state index in [1.54, 1.807) is 6.08 Å². The van der Waals surface area contributed by atoms with E-state index in [1.807, 2.05) is 18.2 Å². The lowest BCUT2D eigenvalue weighted by atomic mass is 10.0. The smallest absolute Gasteiger partial charge is 0.462 e. The van der Waals surface area contributed by atoms with Crippen LogP contribution in [0.1, 0.15) is 175 Å². The molecule has 292 valence electrons. The number of allylic oxidation sites excluding steroid dienone is 5. The van der Waals surface area contributed by atoms with E-state index in [1.165, 1.54) is 64.2 Å². The van der Waals surface area contributed by atoms with Crippen LogP contribution in [0.5, 0.6) is 0 Å². The Morgan fingerprint density at radius 1 is 0.640 bits per heavy atom. The van der Waals surface area contributed by atoms with Gasteiger partial charge in [0.05, 0.1) is 12.7 Å². The minimum absolute atomic E-state index is 0.193. The van der Waals surface area contributed by atoms with Crippen molar-refractivity contribution in [2.24, 2.45) is 5.92 Å². The maximum Gasteiger partial charge on any atom is 0.469 e. The molecule has 0 aliphatic carbocycles. The maximum absolute atomic E-state index is 12.4. The first-order valence-corrected chi connectivity index (χ1v) is 21.3. The molecular formula is C40H73O9P. The van der Waals surface area contributed by atoms with Crippen molar-refractivity contribution in [3.63, 3.8) is 0 Å². The highest BCUT2D eigenvalue weighted by Gasteiger charge is 2.23. The molecule has 1 unspecified atom stereocenters. The van der Waals surface area contributed by atoms with Crippen molar-refractivity contribution in [1.82, 2.24) is 0 Å². The summed E-state index contributed by atoms with van der Waals surface area (Å²) < 4.78 is 26.3. The number of ether oxygens (including phenoxy) is 2. The topological polar surface area (TPSA) is 140 Å². The van der Waals surface area contributed by atoms with Crippen LogP contribution in [0.25, 0.3) is 0 Å². The standard InChI is InChI=1S/C40H73O9P/c1-4-5-6-7-15-20-25-30-37(41)31-26-21-18-23-27-32-39(42)47-34-38(35-48-50(44,45)46)49-40(43)33-28-22-17-14-12-10-8-9-11-13-16-19-24-29-36(2)3/h5-6,15,20,25,30,36-38,41H,4,7-14,16-19,21-24,26-29,31-35H2,1-3H3,(H2,44,45,46)/b6-5+,20-15+,30-25+/t37?,38-/m1/s1. The second kappa shape index (κ2) is 34.3. The number of hydrogen-bond donors (Lipinski definition) is 3. The van der Waals surface area contributed by atoms with Crippen molar-refractivity contribution < 1.29 is 43.0 Å². The lowest BCUT2D eigenvalue weighted by molar-refractivity contribution is -0.161. The van der Waals surface area contributed by atoms with E-state index >= 15 is 0 Å². The van der Waals surface area contributed by atoms with Crippen LogP contribution in [0.15, 0.2) is 36.5 Å². The number of aliphatic hydroxyl groups is 1. The molecule has 2 atom stereocenters. The molecule has 0 bridgehead atoms. The Morgan fingerprint density at radius 2 is 1.14 bits per heavy atom. The van der Waals surface area contributed by atoms with Gasteiger partial charge in [-0.3, -0.25) is 14.1 Å². The molecule has 0 amide bonds. The zero-order chi connectivity index (χ0) is 37.1. The van der Waals surface area contributed by atoms with E-state index in [0.717, 1.165) is 63.7 Å². The number of rotatable bonds is 35. The predicted molar refractivity (Wildman–Crippen MR) is 204 cm³/mol. The van der Waals surface area contributed by atoms with Gasteiger partial charge in [-0.15, -0.1) is 0 Å². The fourth-order valence-electron chi connectivity index (χ4n) is 5.51. The molecule has 0 aromatic rings. The third-order valence-electron chi connectivity index (χ3n) is 8.46. The molecule has 10 heteroatoms. The van der Waals surface area contributed by atoms with Gasteiger partial charge in [0.2, 0.25) is 0 Å². The monoisotopic (exact) mass is 728 g/mol. The average molecular weight is 729 g/mol. The van der Waals surface area contributed by atoms with E-state index in [-0.39, 0.29) is 19.4 Å². The van der Waals surface area contributed by atoms with Crippen LogP contribution in [0, 0.1) is 5.92 Å². The van der Waals surface area contributed by atoms with E-state index in [0.29, 0.717) is 19.3 Å². The lowest BCUT2D eigenvalue weighted by Gasteiger charge is -2.18. The molecule has 0 aromatic heterocycles. The largest absolute Gasteiger partial charge is 0.469 e. The van der Waals surface area contributed by atoms with Gasteiger partial charge in [-0.05, 0) is 38.0 Å². The fraction of sp³-hybridized carbons (Fsp3) is 0.800. The van der Waals surface area contributed by atoms with E-state index < -0.39 is 38.6 Å². The molecule has 0 radical (unpaired) electrons. The molecule has 3 N–H and O–H groups in total. The van der Waals surface area contributed by atoms with Crippen LogP contribution in [0.3, 0.4) is 0 Å². The number of phosphoric acid groups is 1. The van der Waals surface area contributed by atoms with Crippen LogP contribution in [0.2, 0.25) is 0 Å². The van der Waals surface area contributed by atoms with Crippen LogP contribution in [-0.2, 0) is 28.2 Å². The third kappa shape index (κ3) is 37.5. The molecule has 9 nitrogen and oxygen atoms in total. The summed E-state index contributed by atoms with van der Waals surface area (Å²) in [7, 11) is -4.77. The normalized spacial score (nSPS) is 13.6. The highest BCUT2D eigenvalue weighted by atomic mass is 31.2. The zero-order valence-corrected chi connectivity index (χ0v) is 32.7. The minimum atomic E-state index is -4.77. The first-order valence-electron chi connectivity index (χ1n) is 19.7. The Morgan fingerprint density at radius 3 is 1.66 bits per heavy atom. The molecule has 0 fully saturated rings. The Bertz CT molecular complexity index is 941. The van der Waals surface area contributed by atoms with Crippen molar-refractivity contribution in [1.29, 1.82) is 0 Å². The molecule has 0 saturated heterocycles. The quantitative estimate of drug-likeness (QED) is 0.0191. The van der Waals surface area contributed by atoms with Crippen molar-refractivity contribution >= 4 is 19.8 Å². The van der Waals surface area contributed by atoms with Crippen LogP contribution >= 0.6 is 7.82 Å². The number of carbonyl (C=O) groups is 2. The van der Waals surface area contributed by atoms with Gasteiger partial charge >= 0.3 is 19.8 Å². The van der Waals surface area contributed by atoms with Crippen molar-refractivity contribution in [3.8, 4) is 0 Å². The highest BCUT2D eigenvalue weighted by molar-refractivity contribution is 7.46. The molecule has 0 spiro atoms. The summed E-state index contributed by atoms with van der Waals surface area (Å²) in [6.07, 6.45) is 34.6. The number of aliphatic hydroxyl groups excluding tert-OH is 1. The Kier molecular flexibility index (Phi) is 33.1. The molecule has 0 rings (SSSR count). The number of carbonyl (C=O) groups excluding carboxylic acids is 2. The van der Waals surface area contributed by atoms with Gasteiger partial charge in [0.25, 0.3) is 0 Å². The molecule has 50 heavy (non-hydrogen) atoms. The van der Waals surface area contributed by atoms with Gasteiger partial charge in [0.1, 0.15) is 6.61 Å². The summed E-state index contributed by atoms with van der Waals surface area (Å²) in [5.41, 5.74) is 0. The molecule has 0 aliphatic rings. The fourth-order valence-corrected chi connectivity index (χ4v) is 5.87. The maximum atomic E-state index is 12.4. The second-order valence-electron chi connectivity index (χ2n) is 13.9. The number of phosphoric ester groups is 1. The summed E-state index contributed by atoms with van der Waals surface area (Å²) in [6.45, 7) is 5.80. The summed E-state index contributed by atoms with van der Waals surface area (Å²) in [4.78, 5) is 42.8. The number of esters is 2. The Labute approximate surface area is 304 Å². The van der Waals surface area contributed by atoms with E-state index in [9.17, 15) is 19.3 Å². The van der Waals surface area contributed by atoms with Gasteiger partial charge in [-0.2, -0.15) is 0 Å². The third-order valence-corrected chi connectivity index (χ3v) is 8.94. The molecule has 0 aliphatic heterocycles. The van der Waals surface area contributed by atoms with Crippen LogP contribution < -0.4 is 0 Å². The van der Waals surface area contributed by atoms with Crippen LogP contribution in [0.4, 0.5) is 0 Å². The first-order chi connectivity index (χ1) is 24.0. The average Bonchev–Trinajstić information content (AvgIpc) is 3.06. The van der Waals surface area contributed by atoms with Gasteiger partial charge in [-0.25, -0.2) is 4.57 Å². The van der Waals surface area contributed by atoms with Crippen LogP contribution in [-0.4, -0.2) is 52.3 Å². The van der Waals surface area contributed by atoms with Gasteiger partial charge < -0.3 is 24.4 Å². The molecule has 0 aromatic carbocycles. The SMILES string of the molecule is CC/C=C/C/C=C/C=C/C(O)CCCCCCCC(=O)OC[C@H](COP(=O)(O)O)OC(=O)CCCCCCCCCCCCCCCC(C)C. The van der Waals surface area contributed by atoms with Crippen molar-refractivity contribution in [2.45, 2.75) is 187 Å². The van der Waals surface area contributed by atoms with Gasteiger partial charge in [0.15, 0.2) is 6.10 Å². The number of hydrogen-bond acceptors (Lipinski definition) is 7. The minimum Gasteiger partial charge on any atom is -0.462 e. The Hall–Kier alpha value is -1.77. The molecule has 0 saturated carbocycles. The van der Waals surface area contributed by atoms with Crippen molar-refractivity contribution in [3.05, 3.63) is 36.5 Å². The summed E-state index contributed by atoms with van der Waals surface area (Å²) in [5.74, 6) is -0.142. The summed E-state index contributed by atoms with van der Waals surface area (Å²) in [5, 5.41) is 10.1. The van der Waals surface area contributed by atoms with Gasteiger partial charge in [-0.1, -0.05) is 166 Å². The summed E-state index contributed by atoms with van der Waals surface area (Å²) in [6, 6.07) is 0. The summed E-state index contributed by atoms with van der Waals surface area (Å²) >= 11 is 0. The highest BCUT2D eigenvalue weighted by Crippen LogP contribution is 2.36. The Balaban J connectivity index is 4.02. The zero-order valence-electron chi connectivity index (χ0n) is 31.8. The van der Waals surface area contributed by atoms with Crippen molar-refractivity contribution in [2.75, 3.05) is 13.2 Å². The molecular weight excluding hydrogens is 655 g/mol. The molecule has 0 heterocycles.